The maximum Gasteiger partial charge on any atom is 0.168 e. The summed E-state index contributed by atoms with van der Waals surface area (Å²) in [5, 5.41) is 0. The van der Waals surface area contributed by atoms with Crippen molar-refractivity contribution in [3.63, 3.8) is 0 Å². The molecule has 1 rings (SSSR count). The van der Waals surface area contributed by atoms with Gasteiger partial charge in [0.25, 0.3) is 0 Å². The summed E-state index contributed by atoms with van der Waals surface area (Å²) in [5.41, 5.74) is 0.303. The van der Waals surface area contributed by atoms with Crippen LogP contribution < -0.4 is 9.46 Å². The average Bonchev–Trinajstić information content (AvgIpc) is 2.26. The van der Waals surface area contributed by atoms with Crippen molar-refractivity contribution >= 4 is 11.0 Å². The molecule has 0 fully saturated rings. The number of nitrogens with one attached hydrogen (secondary N) is 1. The van der Waals surface area contributed by atoms with Crippen molar-refractivity contribution in [1.29, 1.82) is 0 Å². The van der Waals surface area contributed by atoms with Crippen molar-refractivity contribution < 1.29 is 17.7 Å². The number of benzene rings is 1. The normalized spacial score (nSPS) is 15.1. The minimum absolute atomic E-state index is 0.0349. The zero-order valence-corrected chi connectivity index (χ0v) is 12.5. The summed E-state index contributed by atoms with van der Waals surface area (Å²) in [4.78, 5) is 0. The van der Waals surface area contributed by atoms with Crippen molar-refractivity contribution in [1.82, 2.24) is 4.72 Å². The highest BCUT2D eigenvalue weighted by molar-refractivity contribution is 7.84. The molecular formula is C13H19F2NO2S. The maximum atomic E-state index is 13.6. The third-order valence-electron chi connectivity index (χ3n) is 2.55. The van der Waals surface area contributed by atoms with Crippen LogP contribution in [0.25, 0.3) is 0 Å². The lowest BCUT2D eigenvalue weighted by Gasteiger charge is -2.23. The molecule has 0 aliphatic heterocycles. The topological polar surface area (TPSA) is 38.3 Å². The van der Waals surface area contributed by atoms with E-state index in [9.17, 15) is 13.0 Å². The van der Waals surface area contributed by atoms with Crippen LogP contribution in [0.2, 0.25) is 0 Å². The van der Waals surface area contributed by atoms with Gasteiger partial charge in [0, 0.05) is 17.7 Å². The van der Waals surface area contributed by atoms with Gasteiger partial charge in [-0.25, -0.2) is 17.7 Å². The third kappa shape index (κ3) is 3.98. The highest BCUT2D eigenvalue weighted by Gasteiger charge is 2.24. The molecule has 0 aliphatic rings. The maximum absolute atomic E-state index is 13.6. The predicted molar refractivity (Wildman–Crippen MR) is 72.4 cm³/mol. The van der Waals surface area contributed by atoms with E-state index in [1.54, 1.807) is 6.92 Å². The van der Waals surface area contributed by atoms with Crippen molar-refractivity contribution in [2.24, 2.45) is 0 Å². The van der Waals surface area contributed by atoms with E-state index in [-0.39, 0.29) is 5.75 Å². The van der Waals surface area contributed by atoms with Gasteiger partial charge in [-0.05, 0) is 33.8 Å². The van der Waals surface area contributed by atoms with E-state index in [2.05, 4.69) is 4.72 Å². The van der Waals surface area contributed by atoms with Crippen molar-refractivity contribution in [3.8, 4) is 5.75 Å². The second-order valence-corrected chi connectivity index (χ2v) is 7.23. The molecule has 6 heteroatoms. The van der Waals surface area contributed by atoms with E-state index in [0.717, 1.165) is 6.07 Å². The molecule has 2 atom stereocenters. The summed E-state index contributed by atoms with van der Waals surface area (Å²) < 4.78 is 46.1. The van der Waals surface area contributed by atoms with Crippen molar-refractivity contribution in [3.05, 3.63) is 29.3 Å². The van der Waals surface area contributed by atoms with Gasteiger partial charge in [-0.2, -0.15) is 0 Å². The van der Waals surface area contributed by atoms with Gasteiger partial charge in [0.2, 0.25) is 0 Å². The van der Waals surface area contributed by atoms with Crippen molar-refractivity contribution in [2.75, 3.05) is 7.11 Å². The molecule has 0 saturated heterocycles. The van der Waals surface area contributed by atoms with Gasteiger partial charge in [0.05, 0.1) is 22.8 Å². The zero-order chi connectivity index (χ0) is 14.8. The molecule has 0 spiro atoms. The van der Waals surface area contributed by atoms with Crippen molar-refractivity contribution in [2.45, 2.75) is 38.5 Å². The van der Waals surface area contributed by atoms with E-state index in [0.29, 0.717) is 5.56 Å². The standard InChI is InChI=1S/C13H19F2NO2S/c1-8(16-19(17)13(2,3)4)10-6-9(14)7-11(15)12(10)18-5/h6-8,16H,1-5H3/t8-,19?/m1/s1. The first-order valence-corrected chi connectivity index (χ1v) is 7.02. The molecule has 0 amide bonds. The summed E-state index contributed by atoms with van der Waals surface area (Å²) in [6.45, 7) is 7.12. The fourth-order valence-corrected chi connectivity index (χ4v) is 2.32. The monoisotopic (exact) mass is 291 g/mol. The molecule has 19 heavy (non-hydrogen) atoms. The number of hydrogen-bond donors (Lipinski definition) is 1. The quantitative estimate of drug-likeness (QED) is 0.926. The van der Waals surface area contributed by atoms with Crippen LogP contribution in [-0.2, 0) is 11.0 Å². The first kappa shape index (κ1) is 16.0. The Morgan fingerprint density at radius 1 is 1.32 bits per heavy atom. The Bertz CT molecular complexity index is 486. The van der Waals surface area contributed by atoms with Gasteiger partial charge in [0.15, 0.2) is 11.6 Å². The van der Waals surface area contributed by atoms with E-state index in [1.165, 1.54) is 13.2 Å². The molecule has 108 valence electrons. The second kappa shape index (κ2) is 5.96. The van der Waals surface area contributed by atoms with Gasteiger partial charge in [-0.3, -0.25) is 0 Å². The number of ether oxygens (including phenoxy) is 1. The highest BCUT2D eigenvalue weighted by atomic mass is 32.2. The van der Waals surface area contributed by atoms with Crippen LogP contribution in [-0.4, -0.2) is 16.1 Å². The first-order valence-electron chi connectivity index (χ1n) is 5.87. The molecule has 1 aromatic rings. The fourth-order valence-electron chi connectivity index (χ4n) is 1.52. The number of rotatable bonds is 4. The van der Waals surface area contributed by atoms with Gasteiger partial charge in [0.1, 0.15) is 5.82 Å². The summed E-state index contributed by atoms with van der Waals surface area (Å²) in [5.74, 6) is -1.50. The Balaban J connectivity index is 3.06. The van der Waals surface area contributed by atoms with Crippen LogP contribution in [0.5, 0.6) is 5.75 Å². The van der Waals surface area contributed by atoms with Crippen LogP contribution in [0, 0.1) is 11.6 Å². The summed E-state index contributed by atoms with van der Waals surface area (Å²) in [6.07, 6.45) is 0. The summed E-state index contributed by atoms with van der Waals surface area (Å²) >= 11 is 0. The molecule has 0 radical (unpaired) electrons. The number of methoxy groups -OCH3 is 1. The van der Waals surface area contributed by atoms with Crippen LogP contribution in [0.1, 0.15) is 39.3 Å². The number of hydrogen-bond acceptors (Lipinski definition) is 2. The van der Waals surface area contributed by atoms with Gasteiger partial charge >= 0.3 is 0 Å². The number of halogens is 2. The smallest absolute Gasteiger partial charge is 0.168 e. The highest BCUT2D eigenvalue weighted by Crippen LogP contribution is 2.30. The molecule has 1 aromatic carbocycles. The summed E-state index contributed by atoms with van der Waals surface area (Å²) in [6, 6.07) is 1.44. The average molecular weight is 291 g/mol. The largest absolute Gasteiger partial charge is 0.493 e. The Labute approximate surface area is 114 Å². The second-order valence-electron chi connectivity index (χ2n) is 5.23. The molecule has 0 aromatic heterocycles. The van der Waals surface area contributed by atoms with E-state index < -0.39 is 33.4 Å². The van der Waals surface area contributed by atoms with Crippen LogP contribution >= 0.6 is 0 Å². The van der Waals surface area contributed by atoms with Gasteiger partial charge in [-0.1, -0.05) is 0 Å². The lowest BCUT2D eigenvalue weighted by molar-refractivity contribution is 0.374. The summed E-state index contributed by atoms with van der Waals surface area (Å²) in [7, 11) is -0.0291. The Kier molecular flexibility index (Phi) is 5.04. The molecular weight excluding hydrogens is 272 g/mol. The Hall–Kier alpha value is -1.01. The lowest BCUT2D eigenvalue weighted by Crippen LogP contribution is -2.35. The molecule has 1 unspecified atom stereocenters. The molecule has 0 heterocycles. The first-order chi connectivity index (χ1) is 8.66. The van der Waals surface area contributed by atoms with Gasteiger partial charge in [-0.15, -0.1) is 0 Å². The molecule has 0 saturated carbocycles. The molecule has 1 N–H and O–H groups in total. The van der Waals surface area contributed by atoms with Crippen LogP contribution in [0.3, 0.4) is 0 Å². The Morgan fingerprint density at radius 2 is 1.89 bits per heavy atom. The molecule has 0 bridgehead atoms. The van der Waals surface area contributed by atoms with E-state index in [4.69, 9.17) is 4.74 Å². The molecule has 0 aliphatic carbocycles. The zero-order valence-electron chi connectivity index (χ0n) is 11.7. The fraction of sp³-hybridized carbons (Fsp3) is 0.538. The third-order valence-corrected chi connectivity index (χ3v) is 4.23. The van der Waals surface area contributed by atoms with Crippen LogP contribution in [0.4, 0.5) is 8.78 Å². The SMILES string of the molecule is COc1c(F)cc(F)cc1[C@@H](C)NS(=O)C(C)(C)C. The predicted octanol–water partition coefficient (Wildman–Crippen LogP) is 3.09. The molecule has 3 nitrogen and oxygen atoms in total. The van der Waals surface area contributed by atoms with E-state index in [1.807, 2.05) is 20.8 Å². The lowest BCUT2D eigenvalue weighted by atomic mass is 10.1. The van der Waals surface area contributed by atoms with Gasteiger partial charge < -0.3 is 4.74 Å². The minimum atomic E-state index is -1.34. The van der Waals surface area contributed by atoms with E-state index >= 15 is 0 Å². The Morgan fingerprint density at radius 3 is 2.37 bits per heavy atom. The van der Waals surface area contributed by atoms with Crippen LogP contribution in [0.15, 0.2) is 12.1 Å². The minimum Gasteiger partial charge on any atom is -0.493 e.